The molecule has 0 amide bonds. The number of halogens is 1. The second-order valence-electron chi connectivity index (χ2n) is 6.76. The summed E-state index contributed by atoms with van der Waals surface area (Å²) in [6, 6.07) is 11.6. The quantitative estimate of drug-likeness (QED) is 0.233. The smallest absolute Gasteiger partial charge is 0.250 e. The third-order valence-corrected chi connectivity index (χ3v) is 4.56. The Morgan fingerprint density at radius 1 is 1.14 bits per heavy atom. The zero-order valence-corrected chi connectivity index (χ0v) is 20.2. The van der Waals surface area contributed by atoms with Crippen LogP contribution in [0.5, 0.6) is 5.75 Å². The molecule has 7 heteroatoms. The van der Waals surface area contributed by atoms with E-state index in [1.165, 1.54) is 5.56 Å². The Morgan fingerprint density at radius 3 is 2.62 bits per heavy atom. The van der Waals surface area contributed by atoms with E-state index in [4.69, 9.17) is 4.74 Å². The summed E-state index contributed by atoms with van der Waals surface area (Å²) >= 11 is 0. The van der Waals surface area contributed by atoms with E-state index in [9.17, 15) is 4.79 Å². The molecule has 2 N–H and O–H groups in total. The summed E-state index contributed by atoms with van der Waals surface area (Å²) < 4.78 is 7.55. The van der Waals surface area contributed by atoms with Crippen LogP contribution in [0.15, 0.2) is 46.2 Å². The first-order valence-electron chi connectivity index (χ1n) is 9.88. The van der Waals surface area contributed by atoms with Crippen molar-refractivity contribution >= 4 is 29.9 Å². The summed E-state index contributed by atoms with van der Waals surface area (Å²) in [4.78, 5) is 16.2. The van der Waals surface area contributed by atoms with Gasteiger partial charge in [0.1, 0.15) is 5.75 Å². The summed E-state index contributed by atoms with van der Waals surface area (Å²) in [5, 5.41) is 6.66. The van der Waals surface area contributed by atoms with Gasteiger partial charge >= 0.3 is 0 Å². The molecule has 0 aliphatic rings. The molecule has 0 aliphatic heterocycles. The first-order chi connectivity index (χ1) is 13.5. The Morgan fingerprint density at radius 2 is 1.93 bits per heavy atom. The zero-order chi connectivity index (χ0) is 20.4. The number of ether oxygens (including phenoxy) is 1. The number of benzene rings is 1. The Balaban J connectivity index is 0.00000420. The summed E-state index contributed by atoms with van der Waals surface area (Å²) in [5.41, 5.74) is 3.35. The predicted octanol–water partition coefficient (Wildman–Crippen LogP) is 3.63. The van der Waals surface area contributed by atoms with Crippen molar-refractivity contribution in [2.75, 3.05) is 20.2 Å². The van der Waals surface area contributed by atoms with Crippen LogP contribution in [-0.4, -0.2) is 30.7 Å². The number of unbranched alkanes of at least 4 members (excludes halogenated alkanes) is 1. The van der Waals surface area contributed by atoms with Crippen LogP contribution in [-0.2, 0) is 13.1 Å². The van der Waals surface area contributed by atoms with Crippen molar-refractivity contribution in [2.24, 2.45) is 4.99 Å². The van der Waals surface area contributed by atoms with Gasteiger partial charge < -0.3 is 19.9 Å². The number of rotatable bonds is 9. The molecule has 0 atom stereocenters. The number of nitrogens with zero attached hydrogens (tertiary/aromatic N) is 2. The molecule has 160 valence electrons. The fraction of sp³-hybridized carbons (Fsp3) is 0.455. The Hall–Kier alpha value is -2.03. The molecule has 0 saturated heterocycles. The van der Waals surface area contributed by atoms with Gasteiger partial charge in [-0.2, -0.15) is 0 Å². The van der Waals surface area contributed by atoms with E-state index in [-0.39, 0.29) is 29.5 Å². The highest BCUT2D eigenvalue weighted by atomic mass is 127. The second kappa shape index (κ2) is 13.2. The van der Waals surface area contributed by atoms with Gasteiger partial charge in [0.05, 0.1) is 6.61 Å². The Bertz CT molecular complexity index is 849. The monoisotopic (exact) mass is 512 g/mol. The minimum Gasteiger partial charge on any atom is -0.494 e. The largest absolute Gasteiger partial charge is 0.494 e. The third kappa shape index (κ3) is 8.08. The Kier molecular flexibility index (Phi) is 11.4. The minimum atomic E-state index is 0. The van der Waals surface area contributed by atoms with Crippen LogP contribution >= 0.6 is 24.0 Å². The molecule has 1 aromatic carbocycles. The number of pyridine rings is 1. The number of guanidine groups is 1. The molecular weight excluding hydrogens is 479 g/mol. The van der Waals surface area contributed by atoms with E-state index >= 15 is 0 Å². The maximum absolute atomic E-state index is 11.9. The van der Waals surface area contributed by atoms with Crippen molar-refractivity contribution in [3.8, 4) is 5.75 Å². The van der Waals surface area contributed by atoms with Gasteiger partial charge in [-0.15, -0.1) is 24.0 Å². The van der Waals surface area contributed by atoms with E-state index in [1.54, 1.807) is 19.2 Å². The zero-order valence-electron chi connectivity index (χ0n) is 17.8. The first-order valence-corrected chi connectivity index (χ1v) is 9.88. The van der Waals surface area contributed by atoms with Crippen molar-refractivity contribution in [1.82, 2.24) is 15.2 Å². The van der Waals surface area contributed by atoms with Crippen LogP contribution in [0.4, 0.5) is 0 Å². The van der Waals surface area contributed by atoms with Crippen LogP contribution in [0.25, 0.3) is 0 Å². The third-order valence-electron chi connectivity index (χ3n) is 4.56. The number of aliphatic imine (C=N–C) groups is 1. The molecule has 1 aromatic heterocycles. The van der Waals surface area contributed by atoms with Gasteiger partial charge in [-0.1, -0.05) is 18.2 Å². The highest BCUT2D eigenvalue weighted by Crippen LogP contribution is 2.20. The molecule has 0 aliphatic carbocycles. The number of hydrogen-bond acceptors (Lipinski definition) is 3. The lowest BCUT2D eigenvalue weighted by atomic mass is 10.1. The molecule has 0 unspecified atom stereocenters. The molecule has 2 aromatic rings. The SMILES string of the molecule is CCOc1cc(C)ccc1CNC(=NC)NCCCCn1c(C)cccc1=O.I. The van der Waals surface area contributed by atoms with Crippen LogP contribution in [0.2, 0.25) is 0 Å². The maximum Gasteiger partial charge on any atom is 0.250 e. The van der Waals surface area contributed by atoms with E-state index in [0.29, 0.717) is 13.2 Å². The number of aryl methyl sites for hydroxylation is 2. The lowest BCUT2D eigenvalue weighted by Gasteiger charge is -2.15. The molecule has 1 heterocycles. The molecule has 2 rings (SSSR count). The summed E-state index contributed by atoms with van der Waals surface area (Å²) in [7, 11) is 1.76. The normalized spacial score (nSPS) is 11.0. The molecule has 29 heavy (non-hydrogen) atoms. The van der Waals surface area contributed by atoms with Crippen LogP contribution in [0.1, 0.15) is 36.6 Å². The Labute approximate surface area is 190 Å². The molecule has 0 saturated carbocycles. The number of aromatic nitrogens is 1. The van der Waals surface area contributed by atoms with Crippen LogP contribution in [0, 0.1) is 13.8 Å². The van der Waals surface area contributed by atoms with Crippen molar-refractivity contribution in [2.45, 2.75) is 46.7 Å². The van der Waals surface area contributed by atoms with E-state index in [2.05, 4.69) is 40.7 Å². The predicted molar refractivity (Wildman–Crippen MR) is 131 cm³/mol. The first kappa shape index (κ1) is 25.0. The van der Waals surface area contributed by atoms with Gasteiger partial charge in [0, 0.05) is 44.0 Å². The van der Waals surface area contributed by atoms with Gasteiger partial charge in [-0.3, -0.25) is 9.79 Å². The van der Waals surface area contributed by atoms with E-state index in [1.807, 2.05) is 24.5 Å². The lowest BCUT2D eigenvalue weighted by Crippen LogP contribution is -2.37. The van der Waals surface area contributed by atoms with Crippen LogP contribution in [0.3, 0.4) is 0 Å². The van der Waals surface area contributed by atoms with Gasteiger partial charge in [0.2, 0.25) is 0 Å². The van der Waals surface area contributed by atoms with Gasteiger partial charge in [0.15, 0.2) is 5.96 Å². The summed E-state index contributed by atoms with van der Waals surface area (Å²) in [6.07, 6.45) is 1.89. The topological polar surface area (TPSA) is 67.7 Å². The fourth-order valence-corrected chi connectivity index (χ4v) is 3.01. The molecular formula is C22H33IN4O2. The average molecular weight is 512 g/mol. The van der Waals surface area contributed by atoms with Crippen molar-refractivity contribution in [3.63, 3.8) is 0 Å². The second-order valence-corrected chi connectivity index (χ2v) is 6.76. The minimum absolute atomic E-state index is 0. The van der Waals surface area contributed by atoms with Crippen molar-refractivity contribution < 1.29 is 4.74 Å². The summed E-state index contributed by atoms with van der Waals surface area (Å²) in [6.45, 7) is 8.84. The highest BCUT2D eigenvalue weighted by molar-refractivity contribution is 14.0. The lowest BCUT2D eigenvalue weighted by molar-refractivity contribution is 0.336. The molecule has 0 spiro atoms. The maximum atomic E-state index is 11.9. The number of hydrogen-bond donors (Lipinski definition) is 2. The summed E-state index contributed by atoms with van der Waals surface area (Å²) in [5.74, 6) is 1.67. The standard InChI is InChI=1S/C22H32N4O2.HI/c1-5-28-20-15-17(2)11-12-19(20)16-25-22(23-4)24-13-6-7-14-26-18(3)9-8-10-21(26)27;/h8-12,15H,5-7,13-14,16H2,1-4H3,(H2,23,24,25);1H. The van der Waals surface area contributed by atoms with Gasteiger partial charge in [-0.25, -0.2) is 0 Å². The molecule has 0 bridgehead atoms. The highest BCUT2D eigenvalue weighted by Gasteiger charge is 2.05. The van der Waals surface area contributed by atoms with Crippen molar-refractivity contribution in [1.29, 1.82) is 0 Å². The molecule has 6 nitrogen and oxygen atoms in total. The van der Waals surface area contributed by atoms with Gasteiger partial charge in [-0.05, 0) is 51.3 Å². The molecule has 0 radical (unpaired) electrons. The van der Waals surface area contributed by atoms with Crippen molar-refractivity contribution in [3.05, 3.63) is 63.6 Å². The van der Waals surface area contributed by atoms with E-state index in [0.717, 1.165) is 48.9 Å². The average Bonchev–Trinajstić information content (AvgIpc) is 2.67. The van der Waals surface area contributed by atoms with Gasteiger partial charge in [0.25, 0.3) is 5.56 Å². The van der Waals surface area contributed by atoms with Crippen LogP contribution < -0.4 is 20.9 Å². The number of nitrogens with one attached hydrogen (secondary N) is 2. The van der Waals surface area contributed by atoms with E-state index < -0.39 is 0 Å². The fourth-order valence-electron chi connectivity index (χ4n) is 3.01. The molecule has 0 fully saturated rings.